The largest absolute Gasteiger partial charge is 0.368 e. The molecular formula is C14H14N4O3S. The second kappa shape index (κ2) is 5.54. The third-order valence-corrected chi connectivity index (χ3v) is 4.44. The quantitative estimate of drug-likeness (QED) is 0.770. The van der Waals surface area contributed by atoms with E-state index in [9.17, 15) is 4.79 Å². The Morgan fingerprint density at radius 3 is 3.32 bits per heavy atom. The molecule has 22 heavy (non-hydrogen) atoms. The lowest BCUT2D eigenvalue weighted by atomic mass is 10.2. The van der Waals surface area contributed by atoms with Crippen molar-refractivity contribution < 1.29 is 14.1 Å². The number of amides is 1. The summed E-state index contributed by atoms with van der Waals surface area (Å²) in [6, 6.07) is 3.78. The van der Waals surface area contributed by atoms with Gasteiger partial charge in [-0.05, 0) is 30.4 Å². The molecule has 1 aliphatic heterocycles. The first-order chi connectivity index (χ1) is 10.8. The summed E-state index contributed by atoms with van der Waals surface area (Å²) in [4.78, 5) is 19.4. The molecule has 0 unspecified atom stereocenters. The summed E-state index contributed by atoms with van der Waals surface area (Å²) < 4.78 is 11.7. The highest BCUT2D eigenvalue weighted by Gasteiger charge is 2.24. The highest BCUT2D eigenvalue weighted by atomic mass is 32.1. The molecule has 0 bridgehead atoms. The number of aromatic nitrogens is 3. The molecule has 2 N–H and O–H groups in total. The number of nitrogens with one attached hydrogen (secondary N) is 2. The summed E-state index contributed by atoms with van der Waals surface area (Å²) in [6.07, 6.45) is 1.79. The summed E-state index contributed by atoms with van der Waals surface area (Å²) in [5, 5.41) is 8.63. The average Bonchev–Trinajstić information content (AvgIpc) is 3.26. The van der Waals surface area contributed by atoms with Gasteiger partial charge in [0.2, 0.25) is 0 Å². The Bertz CT molecular complexity index is 771. The number of H-pyrrole nitrogens is 1. The smallest absolute Gasteiger partial charge is 0.268 e. The molecule has 0 aromatic carbocycles. The molecule has 4 heterocycles. The molecule has 7 nitrogen and oxygen atoms in total. The normalized spacial score (nSPS) is 18.1. The number of carbonyl (C=O) groups excluding carboxylic acids is 1. The number of fused-ring (bicyclic) bond motifs is 1. The van der Waals surface area contributed by atoms with Gasteiger partial charge in [0.1, 0.15) is 11.8 Å². The van der Waals surface area contributed by atoms with Crippen LogP contribution in [0.1, 0.15) is 41.1 Å². The van der Waals surface area contributed by atoms with E-state index in [1.54, 1.807) is 11.3 Å². The monoisotopic (exact) mass is 318 g/mol. The lowest BCUT2D eigenvalue weighted by molar-refractivity contribution is 0.0835. The second-order valence-corrected chi connectivity index (χ2v) is 6.06. The van der Waals surface area contributed by atoms with Crippen molar-refractivity contribution in [3.8, 4) is 0 Å². The van der Waals surface area contributed by atoms with Gasteiger partial charge in [0, 0.05) is 6.61 Å². The van der Waals surface area contributed by atoms with Gasteiger partial charge in [0.15, 0.2) is 5.82 Å². The van der Waals surface area contributed by atoms with Crippen LogP contribution in [0.4, 0.5) is 0 Å². The highest BCUT2D eigenvalue weighted by molar-refractivity contribution is 7.17. The summed E-state index contributed by atoms with van der Waals surface area (Å²) in [5.74, 6) is 0.751. The van der Waals surface area contributed by atoms with Gasteiger partial charge in [-0.2, -0.15) is 4.98 Å². The van der Waals surface area contributed by atoms with E-state index < -0.39 is 0 Å². The minimum absolute atomic E-state index is 0.104. The third kappa shape index (κ3) is 2.51. The van der Waals surface area contributed by atoms with Crippen LogP contribution in [0.25, 0.3) is 10.2 Å². The van der Waals surface area contributed by atoms with E-state index in [0.29, 0.717) is 17.4 Å². The van der Waals surface area contributed by atoms with Crippen molar-refractivity contribution in [3.63, 3.8) is 0 Å². The summed E-state index contributed by atoms with van der Waals surface area (Å²) >= 11 is 1.59. The Labute approximate surface area is 129 Å². The highest BCUT2D eigenvalue weighted by Crippen LogP contribution is 2.26. The molecule has 1 amide bonds. The number of ether oxygens (including phenoxy) is 1. The minimum atomic E-state index is -0.188. The zero-order chi connectivity index (χ0) is 14.9. The van der Waals surface area contributed by atoms with Crippen molar-refractivity contribution in [1.82, 2.24) is 20.4 Å². The Kier molecular flexibility index (Phi) is 3.39. The number of nitrogens with zero attached hydrogens (tertiary/aromatic N) is 2. The van der Waals surface area contributed by atoms with E-state index in [2.05, 4.69) is 20.4 Å². The maximum Gasteiger partial charge on any atom is 0.268 e. The number of thiophene rings is 1. The van der Waals surface area contributed by atoms with E-state index in [1.807, 2.05) is 17.5 Å². The van der Waals surface area contributed by atoms with Gasteiger partial charge < -0.3 is 19.6 Å². The van der Waals surface area contributed by atoms with Crippen LogP contribution in [0.5, 0.6) is 0 Å². The average molecular weight is 318 g/mol. The molecule has 1 aliphatic rings. The number of hydrogen-bond donors (Lipinski definition) is 2. The third-order valence-electron chi connectivity index (χ3n) is 3.58. The Morgan fingerprint density at radius 1 is 1.55 bits per heavy atom. The standard InChI is InChI=1S/C14H14N4O3S/c19-13(9-6-11-8(16-9)3-5-22-11)15-7-12-17-14(21-18-12)10-2-1-4-20-10/h3,5-6,10,16H,1-2,4,7H2,(H,15,19)/t10-/m1/s1. The fourth-order valence-corrected chi connectivity index (χ4v) is 3.25. The SMILES string of the molecule is O=C(NCc1noc([C@H]2CCCO2)n1)c1cc2sccc2[nH]1. The van der Waals surface area contributed by atoms with Gasteiger partial charge in [-0.3, -0.25) is 4.79 Å². The molecular weight excluding hydrogens is 304 g/mol. The van der Waals surface area contributed by atoms with Crippen LogP contribution in [0.3, 0.4) is 0 Å². The topological polar surface area (TPSA) is 93.0 Å². The fourth-order valence-electron chi connectivity index (χ4n) is 2.47. The number of aromatic amines is 1. The van der Waals surface area contributed by atoms with E-state index >= 15 is 0 Å². The lowest BCUT2D eigenvalue weighted by Crippen LogP contribution is -2.23. The maximum atomic E-state index is 12.1. The fraction of sp³-hybridized carbons (Fsp3) is 0.357. The molecule has 0 radical (unpaired) electrons. The van der Waals surface area contributed by atoms with E-state index in [1.165, 1.54) is 0 Å². The molecule has 0 saturated carbocycles. The van der Waals surface area contributed by atoms with Crippen molar-refractivity contribution in [2.45, 2.75) is 25.5 Å². The first-order valence-corrected chi connectivity index (χ1v) is 7.96. The van der Waals surface area contributed by atoms with Gasteiger partial charge in [-0.15, -0.1) is 11.3 Å². The molecule has 114 valence electrons. The number of rotatable bonds is 4. The van der Waals surface area contributed by atoms with E-state index in [0.717, 1.165) is 29.7 Å². The zero-order valence-corrected chi connectivity index (χ0v) is 12.5. The van der Waals surface area contributed by atoms with Crippen LogP contribution in [-0.4, -0.2) is 27.6 Å². The first kappa shape index (κ1) is 13.5. The molecule has 3 aromatic rings. The van der Waals surface area contributed by atoms with Crippen LogP contribution >= 0.6 is 11.3 Å². The van der Waals surface area contributed by atoms with Crippen molar-refractivity contribution in [1.29, 1.82) is 0 Å². The van der Waals surface area contributed by atoms with Crippen LogP contribution in [0.2, 0.25) is 0 Å². The van der Waals surface area contributed by atoms with E-state index in [4.69, 9.17) is 9.26 Å². The molecule has 1 saturated heterocycles. The van der Waals surface area contributed by atoms with Crippen LogP contribution < -0.4 is 5.32 Å². The summed E-state index contributed by atoms with van der Waals surface area (Å²) in [5.41, 5.74) is 1.50. The molecule has 4 rings (SSSR count). The van der Waals surface area contributed by atoms with Crippen LogP contribution in [0, 0.1) is 0 Å². The Balaban J connectivity index is 1.39. The minimum Gasteiger partial charge on any atom is -0.368 e. The van der Waals surface area contributed by atoms with Gasteiger partial charge in [-0.1, -0.05) is 5.16 Å². The molecule has 1 fully saturated rings. The predicted molar refractivity (Wildman–Crippen MR) is 79.6 cm³/mol. The maximum absolute atomic E-state index is 12.1. The second-order valence-electron chi connectivity index (χ2n) is 5.11. The van der Waals surface area contributed by atoms with Gasteiger partial charge >= 0.3 is 0 Å². The summed E-state index contributed by atoms with van der Waals surface area (Å²) in [6.45, 7) is 0.949. The molecule has 8 heteroatoms. The van der Waals surface area contributed by atoms with Crippen molar-refractivity contribution in [2.75, 3.05) is 6.61 Å². The Morgan fingerprint density at radius 2 is 2.50 bits per heavy atom. The Hall–Kier alpha value is -2.19. The number of carbonyl (C=O) groups is 1. The molecule has 3 aromatic heterocycles. The first-order valence-electron chi connectivity index (χ1n) is 7.08. The predicted octanol–water partition coefficient (Wildman–Crippen LogP) is 2.39. The van der Waals surface area contributed by atoms with Crippen LogP contribution in [-0.2, 0) is 11.3 Å². The van der Waals surface area contributed by atoms with Gasteiger partial charge in [0.05, 0.1) is 16.8 Å². The summed E-state index contributed by atoms with van der Waals surface area (Å²) in [7, 11) is 0. The van der Waals surface area contributed by atoms with Crippen molar-refractivity contribution in [2.24, 2.45) is 0 Å². The van der Waals surface area contributed by atoms with E-state index in [-0.39, 0.29) is 18.6 Å². The van der Waals surface area contributed by atoms with Crippen LogP contribution in [0.15, 0.2) is 22.0 Å². The number of hydrogen-bond acceptors (Lipinski definition) is 6. The van der Waals surface area contributed by atoms with Crippen molar-refractivity contribution >= 4 is 27.5 Å². The molecule has 0 aliphatic carbocycles. The molecule has 0 spiro atoms. The van der Waals surface area contributed by atoms with Gasteiger partial charge in [0.25, 0.3) is 11.8 Å². The lowest BCUT2D eigenvalue weighted by Gasteiger charge is -2.01. The van der Waals surface area contributed by atoms with Crippen molar-refractivity contribution in [3.05, 3.63) is 34.9 Å². The zero-order valence-electron chi connectivity index (χ0n) is 11.7. The van der Waals surface area contributed by atoms with Gasteiger partial charge in [-0.25, -0.2) is 0 Å². The molecule has 1 atom stereocenters.